The van der Waals surface area contributed by atoms with Crippen LogP contribution in [0.3, 0.4) is 0 Å². The van der Waals surface area contributed by atoms with E-state index in [9.17, 15) is 8.42 Å². The lowest BCUT2D eigenvalue weighted by Gasteiger charge is -2.06. The molecule has 0 saturated heterocycles. The number of rotatable bonds is 6. The molecule has 0 amide bonds. The third-order valence-corrected chi connectivity index (χ3v) is 4.37. The Bertz CT molecular complexity index is 688. The van der Waals surface area contributed by atoms with Gasteiger partial charge in [0.15, 0.2) is 5.82 Å². The first-order valence-electron chi connectivity index (χ1n) is 6.02. The summed E-state index contributed by atoms with van der Waals surface area (Å²) in [5, 5.41) is 10.6. The standard InChI is InChI=1S/C10H17N7O2S/c1-7-10(8(5-11)15-14-7)20(18,19)13-4-3-9-12-6-17(2)16-9/h6,13H,3-5,11H2,1-2H3,(H,14,15). The van der Waals surface area contributed by atoms with E-state index in [0.717, 1.165) is 0 Å². The molecule has 0 saturated carbocycles. The lowest BCUT2D eigenvalue weighted by atomic mass is 10.4. The average Bonchev–Trinajstić information content (AvgIpc) is 2.95. The molecule has 0 aromatic carbocycles. The van der Waals surface area contributed by atoms with Gasteiger partial charge in [-0.1, -0.05) is 0 Å². The highest BCUT2D eigenvalue weighted by Crippen LogP contribution is 2.16. The number of nitrogens with two attached hydrogens (primary N) is 1. The van der Waals surface area contributed by atoms with Gasteiger partial charge in [0.05, 0.1) is 11.4 Å². The number of nitrogens with zero attached hydrogens (tertiary/aromatic N) is 4. The lowest BCUT2D eigenvalue weighted by molar-refractivity contribution is 0.579. The van der Waals surface area contributed by atoms with Gasteiger partial charge in [0.2, 0.25) is 10.0 Å². The zero-order chi connectivity index (χ0) is 14.8. The highest BCUT2D eigenvalue weighted by Gasteiger charge is 2.23. The molecular weight excluding hydrogens is 282 g/mol. The van der Waals surface area contributed by atoms with Crippen molar-refractivity contribution in [3.05, 3.63) is 23.5 Å². The van der Waals surface area contributed by atoms with Crippen LogP contribution >= 0.6 is 0 Å². The van der Waals surface area contributed by atoms with E-state index in [4.69, 9.17) is 5.73 Å². The van der Waals surface area contributed by atoms with Crippen LogP contribution in [0.2, 0.25) is 0 Å². The molecule has 0 aliphatic rings. The molecule has 20 heavy (non-hydrogen) atoms. The summed E-state index contributed by atoms with van der Waals surface area (Å²) < 4.78 is 28.5. The SMILES string of the molecule is Cc1[nH]nc(CN)c1S(=O)(=O)NCCc1ncn(C)n1. The number of H-pyrrole nitrogens is 1. The molecule has 2 heterocycles. The van der Waals surface area contributed by atoms with E-state index in [0.29, 0.717) is 23.6 Å². The van der Waals surface area contributed by atoms with Crippen LogP contribution < -0.4 is 10.5 Å². The molecule has 0 aliphatic carbocycles. The topological polar surface area (TPSA) is 132 Å². The Morgan fingerprint density at radius 3 is 2.85 bits per heavy atom. The van der Waals surface area contributed by atoms with E-state index < -0.39 is 10.0 Å². The fourth-order valence-electron chi connectivity index (χ4n) is 1.83. The van der Waals surface area contributed by atoms with Crippen LogP contribution in [-0.2, 0) is 30.0 Å². The summed E-state index contributed by atoms with van der Waals surface area (Å²) in [5.41, 5.74) is 6.28. The lowest BCUT2D eigenvalue weighted by Crippen LogP contribution is -2.27. The van der Waals surface area contributed by atoms with Gasteiger partial charge in [0.25, 0.3) is 0 Å². The Labute approximate surface area is 116 Å². The van der Waals surface area contributed by atoms with E-state index >= 15 is 0 Å². The number of nitrogens with one attached hydrogen (secondary N) is 2. The molecule has 0 fully saturated rings. The van der Waals surface area contributed by atoms with Gasteiger partial charge >= 0.3 is 0 Å². The van der Waals surface area contributed by atoms with Crippen molar-refractivity contribution in [2.24, 2.45) is 12.8 Å². The van der Waals surface area contributed by atoms with E-state index in [1.165, 1.54) is 0 Å². The maximum absolute atomic E-state index is 12.2. The third-order valence-electron chi connectivity index (χ3n) is 2.71. The Morgan fingerprint density at radius 1 is 1.50 bits per heavy atom. The van der Waals surface area contributed by atoms with Crippen LogP contribution in [0.1, 0.15) is 17.2 Å². The summed E-state index contributed by atoms with van der Waals surface area (Å²) in [6, 6.07) is 0. The smallest absolute Gasteiger partial charge is 0.244 e. The third kappa shape index (κ3) is 3.03. The van der Waals surface area contributed by atoms with Gasteiger partial charge in [-0.3, -0.25) is 9.78 Å². The quantitative estimate of drug-likeness (QED) is 0.615. The molecule has 0 aliphatic heterocycles. The van der Waals surface area contributed by atoms with E-state index in [1.54, 1.807) is 25.0 Å². The summed E-state index contributed by atoms with van der Waals surface area (Å²) in [6.07, 6.45) is 1.98. The minimum atomic E-state index is -3.64. The Kier molecular flexibility index (Phi) is 4.16. The predicted octanol–water partition coefficient (Wildman–Crippen LogP) is -1.17. The van der Waals surface area contributed by atoms with Gasteiger partial charge in [-0.15, -0.1) is 0 Å². The number of hydrogen-bond donors (Lipinski definition) is 3. The first-order valence-corrected chi connectivity index (χ1v) is 7.50. The largest absolute Gasteiger partial charge is 0.325 e. The van der Waals surface area contributed by atoms with Crippen LogP contribution in [0.15, 0.2) is 11.2 Å². The molecule has 110 valence electrons. The minimum absolute atomic E-state index is 0.0579. The van der Waals surface area contributed by atoms with Crippen LogP contribution in [0, 0.1) is 6.92 Å². The van der Waals surface area contributed by atoms with Gasteiger partial charge in [-0.05, 0) is 6.92 Å². The van der Waals surface area contributed by atoms with Crippen molar-refractivity contribution < 1.29 is 8.42 Å². The maximum Gasteiger partial charge on any atom is 0.244 e. The first kappa shape index (κ1) is 14.6. The highest BCUT2D eigenvalue weighted by molar-refractivity contribution is 7.89. The second-order valence-corrected chi connectivity index (χ2v) is 6.01. The number of sulfonamides is 1. The summed E-state index contributed by atoms with van der Waals surface area (Å²) in [4.78, 5) is 4.15. The van der Waals surface area contributed by atoms with Gasteiger partial charge in [0, 0.05) is 26.6 Å². The zero-order valence-corrected chi connectivity index (χ0v) is 12.1. The van der Waals surface area contributed by atoms with Crippen LogP contribution in [0.5, 0.6) is 0 Å². The molecule has 4 N–H and O–H groups in total. The number of aryl methyl sites for hydroxylation is 2. The number of hydrogen-bond acceptors (Lipinski definition) is 6. The number of aromatic amines is 1. The van der Waals surface area contributed by atoms with Crippen molar-refractivity contribution in [3.8, 4) is 0 Å². The minimum Gasteiger partial charge on any atom is -0.325 e. The van der Waals surface area contributed by atoms with Gasteiger partial charge in [-0.25, -0.2) is 18.1 Å². The van der Waals surface area contributed by atoms with Gasteiger partial charge in [0.1, 0.15) is 11.2 Å². The van der Waals surface area contributed by atoms with E-state index in [1.807, 2.05) is 0 Å². The van der Waals surface area contributed by atoms with Crippen molar-refractivity contribution in [3.63, 3.8) is 0 Å². The Balaban J connectivity index is 2.06. The van der Waals surface area contributed by atoms with E-state index in [2.05, 4.69) is 25.0 Å². The fraction of sp³-hybridized carbons (Fsp3) is 0.500. The van der Waals surface area contributed by atoms with Crippen molar-refractivity contribution >= 4 is 10.0 Å². The summed E-state index contributed by atoms with van der Waals surface area (Å²) in [6.45, 7) is 1.91. The molecule has 10 heteroatoms. The van der Waals surface area contributed by atoms with Crippen molar-refractivity contribution in [2.75, 3.05) is 6.54 Å². The summed E-state index contributed by atoms with van der Waals surface area (Å²) in [5.74, 6) is 0.582. The molecule has 2 aromatic rings. The normalized spacial score (nSPS) is 11.9. The van der Waals surface area contributed by atoms with Gasteiger partial charge in [-0.2, -0.15) is 10.2 Å². The predicted molar refractivity (Wildman–Crippen MR) is 71.1 cm³/mol. The van der Waals surface area contributed by atoms with Crippen molar-refractivity contribution in [1.82, 2.24) is 29.7 Å². The monoisotopic (exact) mass is 299 g/mol. The molecular formula is C10H17N7O2S. The van der Waals surface area contributed by atoms with E-state index in [-0.39, 0.29) is 18.0 Å². The highest BCUT2D eigenvalue weighted by atomic mass is 32.2. The van der Waals surface area contributed by atoms with Crippen molar-refractivity contribution in [1.29, 1.82) is 0 Å². The Hall–Kier alpha value is -1.78. The van der Waals surface area contributed by atoms with Crippen molar-refractivity contribution in [2.45, 2.75) is 24.8 Å². The Morgan fingerprint density at radius 2 is 2.25 bits per heavy atom. The maximum atomic E-state index is 12.2. The van der Waals surface area contributed by atoms with Crippen LogP contribution in [0.25, 0.3) is 0 Å². The van der Waals surface area contributed by atoms with Crippen LogP contribution in [0.4, 0.5) is 0 Å². The molecule has 0 spiro atoms. The zero-order valence-electron chi connectivity index (χ0n) is 11.3. The van der Waals surface area contributed by atoms with Crippen LogP contribution in [-0.4, -0.2) is 39.9 Å². The molecule has 2 rings (SSSR count). The fourth-order valence-corrected chi connectivity index (χ4v) is 3.24. The second kappa shape index (κ2) is 5.69. The summed E-state index contributed by atoms with van der Waals surface area (Å²) in [7, 11) is -1.89. The molecule has 9 nitrogen and oxygen atoms in total. The molecule has 0 atom stereocenters. The summed E-state index contributed by atoms with van der Waals surface area (Å²) >= 11 is 0. The molecule has 0 radical (unpaired) electrons. The average molecular weight is 299 g/mol. The molecule has 0 unspecified atom stereocenters. The molecule has 2 aromatic heterocycles. The second-order valence-electron chi connectivity index (χ2n) is 4.31. The number of aromatic nitrogens is 5. The molecule has 0 bridgehead atoms. The van der Waals surface area contributed by atoms with Gasteiger partial charge < -0.3 is 5.73 Å². The first-order chi connectivity index (χ1) is 9.44.